The molecule has 0 unspecified atom stereocenters. The van der Waals surface area contributed by atoms with Gasteiger partial charge in [-0.2, -0.15) is 13.2 Å². The molecule has 2 heterocycles. The van der Waals surface area contributed by atoms with Gasteiger partial charge in [-0.15, -0.1) is 0 Å². The molecule has 0 saturated carbocycles. The fourth-order valence-corrected chi connectivity index (χ4v) is 3.18. The molecule has 3 N–H and O–H groups in total. The van der Waals surface area contributed by atoms with Crippen molar-refractivity contribution in [3.8, 4) is 11.4 Å². The van der Waals surface area contributed by atoms with E-state index in [1.54, 1.807) is 0 Å². The number of hydrogen-bond acceptors (Lipinski definition) is 5. The van der Waals surface area contributed by atoms with Gasteiger partial charge in [-0.05, 0) is 36.4 Å². The van der Waals surface area contributed by atoms with Crippen LogP contribution < -0.4 is 5.32 Å². The van der Waals surface area contributed by atoms with Crippen LogP contribution >= 0.6 is 23.2 Å². The average molecular weight is 472 g/mol. The first-order valence-corrected chi connectivity index (χ1v) is 9.44. The number of amides is 1. The minimum absolute atomic E-state index is 0.0924. The second kappa shape index (κ2) is 9.19. The van der Waals surface area contributed by atoms with E-state index in [2.05, 4.69) is 15.3 Å². The van der Waals surface area contributed by atoms with Crippen LogP contribution in [0.4, 0.5) is 18.9 Å². The molecule has 0 aliphatic heterocycles. The number of nitrogens with one attached hydrogen (secondary N) is 1. The Labute approximate surface area is 184 Å². The molecule has 0 saturated heterocycles. The van der Waals surface area contributed by atoms with E-state index in [1.807, 2.05) is 0 Å². The Morgan fingerprint density at radius 1 is 1.06 bits per heavy atom. The summed E-state index contributed by atoms with van der Waals surface area (Å²) in [6, 6.07) is 7.27. The third-order valence-electron chi connectivity index (χ3n) is 4.22. The first kappa shape index (κ1) is 23.0. The second-order valence-electron chi connectivity index (χ2n) is 6.38. The molecule has 0 spiro atoms. The lowest BCUT2D eigenvalue weighted by atomic mass is 10.1. The van der Waals surface area contributed by atoms with Crippen molar-refractivity contribution in [1.29, 1.82) is 0 Å². The Morgan fingerprint density at radius 3 is 2.35 bits per heavy atom. The predicted octanol–water partition coefficient (Wildman–Crippen LogP) is 4.75. The molecule has 1 aromatic carbocycles. The second-order valence-corrected chi connectivity index (χ2v) is 7.19. The molecule has 0 fully saturated rings. The van der Waals surface area contributed by atoms with E-state index >= 15 is 0 Å². The molecule has 0 radical (unpaired) electrons. The van der Waals surface area contributed by atoms with Crippen LogP contribution in [0.15, 0.2) is 48.8 Å². The zero-order valence-electron chi connectivity index (χ0n) is 15.5. The summed E-state index contributed by atoms with van der Waals surface area (Å²) in [5, 5.41) is 20.7. The van der Waals surface area contributed by atoms with Crippen molar-refractivity contribution in [3.05, 3.63) is 75.5 Å². The van der Waals surface area contributed by atoms with E-state index < -0.39 is 35.4 Å². The number of nitrogens with zero attached hydrogens (tertiary/aromatic N) is 2. The highest BCUT2D eigenvalue weighted by molar-refractivity contribution is 6.33. The molecule has 0 aliphatic rings. The predicted molar refractivity (Wildman–Crippen MR) is 109 cm³/mol. The number of alkyl halides is 3. The van der Waals surface area contributed by atoms with E-state index in [1.165, 1.54) is 30.6 Å². The number of halogens is 5. The third-order valence-corrected chi connectivity index (χ3v) is 4.82. The number of carbonyl (C=O) groups is 1. The van der Waals surface area contributed by atoms with Gasteiger partial charge in [0.25, 0.3) is 5.91 Å². The Morgan fingerprint density at radius 2 is 1.81 bits per heavy atom. The topological polar surface area (TPSA) is 95.3 Å². The van der Waals surface area contributed by atoms with Gasteiger partial charge in [0.15, 0.2) is 0 Å². The highest BCUT2D eigenvalue weighted by Gasteiger charge is 2.33. The average Bonchev–Trinajstić information content (AvgIpc) is 2.72. The fraction of sp³-hybridized carbons (Fsp3) is 0.150. The van der Waals surface area contributed by atoms with Crippen molar-refractivity contribution >= 4 is 34.8 Å². The Bertz CT molecular complexity index is 1110. The number of rotatable bonds is 5. The van der Waals surface area contributed by atoms with Crippen molar-refractivity contribution in [2.24, 2.45) is 0 Å². The summed E-state index contributed by atoms with van der Waals surface area (Å²) in [6.07, 6.45) is -3.11. The van der Waals surface area contributed by atoms with Gasteiger partial charge in [0, 0.05) is 23.6 Å². The Balaban J connectivity index is 1.76. The number of carbonyl (C=O) groups excluding carboxylic acids is 1. The van der Waals surface area contributed by atoms with Gasteiger partial charge >= 0.3 is 6.18 Å². The Hall–Kier alpha value is -2.72. The van der Waals surface area contributed by atoms with Crippen molar-refractivity contribution in [1.82, 2.24) is 9.97 Å². The molecule has 0 aliphatic carbocycles. The molecule has 1 amide bonds. The lowest BCUT2D eigenvalue weighted by Gasteiger charge is -2.11. The third kappa shape index (κ3) is 5.31. The normalized spacial score (nSPS) is 12.5. The van der Waals surface area contributed by atoms with Crippen LogP contribution in [0.25, 0.3) is 11.4 Å². The quantitative estimate of drug-likeness (QED) is 0.499. The van der Waals surface area contributed by atoms with Crippen LogP contribution in [0.5, 0.6) is 0 Å². The first-order chi connectivity index (χ1) is 14.6. The smallest absolute Gasteiger partial charge is 0.393 e. The molecule has 3 aromatic rings. The molecule has 11 heteroatoms. The summed E-state index contributed by atoms with van der Waals surface area (Å²) in [5.41, 5.74) is 0.224. The van der Waals surface area contributed by atoms with Crippen molar-refractivity contribution in [2.45, 2.75) is 12.3 Å². The summed E-state index contributed by atoms with van der Waals surface area (Å²) in [4.78, 5) is 20.6. The van der Waals surface area contributed by atoms with E-state index in [4.69, 9.17) is 28.3 Å². The molecular formula is C20H14Cl2F3N3O3. The van der Waals surface area contributed by atoms with Crippen LogP contribution in [0.1, 0.15) is 27.6 Å². The number of anilines is 1. The van der Waals surface area contributed by atoms with Gasteiger partial charge < -0.3 is 15.5 Å². The van der Waals surface area contributed by atoms with Crippen LogP contribution in [0.2, 0.25) is 10.0 Å². The van der Waals surface area contributed by atoms with E-state index in [-0.39, 0.29) is 16.3 Å². The van der Waals surface area contributed by atoms with Gasteiger partial charge in [-0.3, -0.25) is 14.8 Å². The van der Waals surface area contributed by atoms with Gasteiger partial charge in [0.05, 0.1) is 33.5 Å². The van der Waals surface area contributed by atoms with Crippen molar-refractivity contribution in [2.75, 3.05) is 11.9 Å². The number of aliphatic hydroxyl groups excluding tert-OH is 2. The van der Waals surface area contributed by atoms with Crippen LogP contribution in [-0.2, 0) is 6.18 Å². The molecule has 31 heavy (non-hydrogen) atoms. The highest BCUT2D eigenvalue weighted by Crippen LogP contribution is 2.36. The molecule has 1 atom stereocenters. The SMILES string of the molecule is O=C(Nc1ccc(C(F)(F)F)c(Cl)c1)c1ccc(-c2ncc([C@H](O)CO)cc2Cl)nc1. The largest absolute Gasteiger partial charge is 0.417 e. The molecule has 3 rings (SSSR count). The number of aliphatic hydroxyl groups is 2. The van der Waals surface area contributed by atoms with Crippen LogP contribution in [0.3, 0.4) is 0 Å². The van der Waals surface area contributed by atoms with Gasteiger partial charge in [0.2, 0.25) is 0 Å². The van der Waals surface area contributed by atoms with E-state index in [0.717, 1.165) is 18.2 Å². The van der Waals surface area contributed by atoms with Gasteiger partial charge in [-0.25, -0.2) is 0 Å². The summed E-state index contributed by atoms with van der Waals surface area (Å²) in [6.45, 7) is -0.483. The molecule has 162 valence electrons. The maximum atomic E-state index is 12.8. The van der Waals surface area contributed by atoms with Gasteiger partial charge in [-0.1, -0.05) is 23.2 Å². The summed E-state index contributed by atoms with van der Waals surface area (Å²) < 4.78 is 38.3. The fourth-order valence-electron chi connectivity index (χ4n) is 2.62. The van der Waals surface area contributed by atoms with Crippen molar-refractivity contribution < 1.29 is 28.2 Å². The molecule has 2 aromatic heterocycles. The number of benzene rings is 1. The summed E-state index contributed by atoms with van der Waals surface area (Å²) in [7, 11) is 0. The summed E-state index contributed by atoms with van der Waals surface area (Å²) in [5.74, 6) is -0.602. The maximum absolute atomic E-state index is 12.8. The number of aromatic nitrogens is 2. The maximum Gasteiger partial charge on any atom is 0.417 e. The lowest BCUT2D eigenvalue weighted by Crippen LogP contribution is -2.13. The zero-order chi connectivity index (χ0) is 22.8. The van der Waals surface area contributed by atoms with Gasteiger partial charge in [0.1, 0.15) is 11.8 Å². The molecule has 6 nitrogen and oxygen atoms in total. The standard InChI is InChI=1S/C20H14Cl2F3N3O3/c21-14-6-12(2-3-13(14)20(23,24)25)28-19(31)10-1-4-16(26-7-10)18-15(22)5-11(8-27-18)17(30)9-29/h1-8,17,29-30H,9H2,(H,28,31)/t17-/m1/s1. The first-order valence-electron chi connectivity index (χ1n) is 8.69. The minimum Gasteiger partial charge on any atom is -0.393 e. The number of pyridine rings is 2. The summed E-state index contributed by atoms with van der Waals surface area (Å²) >= 11 is 11.8. The monoisotopic (exact) mass is 471 g/mol. The zero-order valence-corrected chi connectivity index (χ0v) is 17.0. The highest BCUT2D eigenvalue weighted by atomic mass is 35.5. The van der Waals surface area contributed by atoms with E-state index in [0.29, 0.717) is 17.0 Å². The van der Waals surface area contributed by atoms with Crippen LogP contribution in [0, 0.1) is 0 Å². The number of hydrogen-bond donors (Lipinski definition) is 3. The Kier molecular flexibility index (Phi) is 6.80. The molecular weight excluding hydrogens is 458 g/mol. The van der Waals surface area contributed by atoms with Crippen LogP contribution in [-0.4, -0.2) is 32.7 Å². The van der Waals surface area contributed by atoms with Crippen molar-refractivity contribution in [3.63, 3.8) is 0 Å². The molecule has 0 bridgehead atoms. The lowest BCUT2D eigenvalue weighted by molar-refractivity contribution is -0.137. The minimum atomic E-state index is -4.59. The van der Waals surface area contributed by atoms with E-state index in [9.17, 15) is 23.1 Å².